The van der Waals surface area contributed by atoms with Gasteiger partial charge in [0.2, 0.25) is 0 Å². The Morgan fingerprint density at radius 3 is 2.44 bits per heavy atom. The van der Waals surface area contributed by atoms with E-state index in [1.54, 1.807) is 12.4 Å². The molecule has 16 heavy (non-hydrogen) atoms. The summed E-state index contributed by atoms with van der Waals surface area (Å²) in [5, 5.41) is 3.08. The Kier molecular flexibility index (Phi) is 3.17. The maximum Gasteiger partial charge on any atom is 0.0566 e. The highest BCUT2D eigenvalue weighted by Gasteiger charge is 2.07. The Morgan fingerprint density at radius 2 is 1.88 bits per heavy atom. The standard InChI is InChI=1S/C13H15N3/c1-15-12-6-4-10(5-7-12)13(14)11-3-2-8-16-9-11/h2-9,13,15H,14H2,1H3. The molecule has 0 saturated heterocycles. The molecular formula is C13H15N3. The first-order valence-corrected chi connectivity index (χ1v) is 5.24. The molecule has 0 aliphatic rings. The minimum absolute atomic E-state index is 0.111. The van der Waals surface area contributed by atoms with Crippen LogP contribution < -0.4 is 11.1 Å². The first-order chi connectivity index (χ1) is 7.81. The number of aromatic nitrogens is 1. The summed E-state index contributed by atoms with van der Waals surface area (Å²) in [6.07, 6.45) is 3.55. The molecule has 1 aromatic heterocycles. The quantitative estimate of drug-likeness (QED) is 0.821. The summed E-state index contributed by atoms with van der Waals surface area (Å²) >= 11 is 0. The van der Waals surface area contributed by atoms with Gasteiger partial charge in [-0.1, -0.05) is 18.2 Å². The zero-order chi connectivity index (χ0) is 11.4. The van der Waals surface area contributed by atoms with Gasteiger partial charge in [0, 0.05) is 25.1 Å². The van der Waals surface area contributed by atoms with Crippen LogP contribution in [0.1, 0.15) is 17.2 Å². The van der Waals surface area contributed by atoms with Crippen molar-refractivity contribution in [1.82, 2.24) is 4.98 Å². The molecule has 2 rings (SSSR count). The van der Waals surface area contributed by atoms with Crippen LogP contribution in [-0.2, 0) is 0 Å². The molecule has 0 bridgehead atoms. The summed E-state index contributed by atoms with van der Waals surface area (Å²) in [4.78, 5) is 4.07. The van der Waals surface area contributed by atoms with Crippen LogP contribution in [0.3, 0.4) is 0 Å². The van der Waals surface area contributed by atoms with E-state index in [9.17, 15) is 0 Å². The average molecular weight is 213 g/mol. The van der Waals surface area contributed by atoms with Gasteiger partial charge in [-0.3, -0.25) is 4.98 Å². The van der Waals surface area contributed by atoms with Gasteiger partial charge < -0.3 is 11.1 Å². The number of nitrogens with one attached hydrogen (secondary N) is 1. The van der Waals surface area contributed by atoms with Crippen LogP contribution in [0.4, 0.5) is 5.69 Å². The maximum atomic E-state index is 6.15. The molecule has 3 heteroatoms. The van der Waals surface area contributed by atoms with Gasteiger partial charge in [-0.25, -0.2) is 0 Å². The van der Waals surface area contributed by atoms with Crippen LogP contribution in [-0.4, -0.2) is 12.0 Å². The van der Waals surface area contributed by atoms with E-state index >= 15 is 0 Å². The normalized spacial score (nSPS) is 12.1. The Morgan fingerprint density at radius 1 is 1.12 bits per heavy atom. The summed E-state index contributed by atoms with van der Waals surface area (Å²) in [7, 11) is 1.90. The van der Waals surface area contributed by atoms with E-state index in [0.29, 0.717) is 0 Å². The number of hydrogen-bond acceptors (Lipinski definition) is 3. The lowest BCUT2D eigenvalue weighted by Gasteiger charge is -2.12. The van der Waals surface area contributed by atoms with E-state index in [1.165, 1.54) is 0 Å². The van der Waals surface area contributed by atoms with Crippen LogP contribution in [0, 0.1) is 0 Å². The van der Waals surface area contributed by atoms with Gasteiger partial charge in [0.1, 0.15) is 0 Å². The molecule has 1 heterocycles. The third-order valence-electron chi connectivity index (χ3n) is 2.60. The Labute approximate surface area is 95.3 Å². The Bertz CT molecular complexity index is 436. The maximum absolute atomic E-state index is 6.15. The molecule has 1 atom stereocenters. The number of rotatable bonds is 3. The third-order valence-corrected chi connectivity index (χ3v) is 2.60. The molecule has 3 N–H and O–H groups in total. The number of nitrogens with zero attached hydrogens (tertiary/aromatic N) is 1. The number of anilines is 1. The summed E-state index contributed by atoms with van der Waals surface area (Å²) < 4.78 is 0. The first-order valence-electron chi connectivity index (χ1n) is 5.24. The highest BCUT2D eigenvalue weighted by Crippen LogP contribution is 2.20. The monoisotopic (exact) mass is 213 g/mol. The first kappa shape index (κ1) is 10.6. The molecule has 2 aromatic rings. The summed E-state index contributed by atoms with van der Waals surface area (Å²) in [5.41, 5.74) is 9.35. The smallest absolute Gasteiger partial charge is 0.0566 e. The highest BCUT2D eigenvalue weighted by molar-refractivity contribution is 5.45. The van der Waals surface area contributed by atoms with Gasteiger partial charge >= 0.3 is 0 Å². The molecule has 0 saturated carbocycles. The van der Waals surface area contributed by atoms with E-state index in [2.05, 4.69) is 10.3 Å². The topological polar surface area (TPSA) is 50.9 Å². The Balaban J connectivity index is 2.24. The van der Waals surface area contributed by atoms with E-state index in [1.807, 2.05) is 43.4 Å². The van der Waals surface area contributed by atoms with Crippen LogP contribution in [0.15, 0.2) is 48.8 Å². The van der Waals surface area contributed by atoms with Crippen molar-refractivity contribution in [2.75, 3.05) is 12.4 Å². The van der Waals surface area contributed by atoms with Crippen LogP contribution in [0.5, 0.6) is 0 Å². The zero-order valence-electron chi connectivity index (χ0n) is 9.22. The van der Waals surface area contributed by atoms with Gasteiger partial charge in [-0.2, -0.15) is 0 Å². The van der Waals surface area contributed by atoms with E-state index in [0.717, 1.165) is 16.8 Å². The largest absolute Gasteiger partial charge is 0.388 e. The molecule has 0 radical (unpaired) electrons. The van der Waals surface area contributed by atoms with Crippen molar-refractivity contribution in [2.45, 2.75) is 6.04 Å². The number of hydrogen-bond donors (Lipinski definition) is 2. The average Bonchev–Trinajstić information content (AvgIpc) is 2.39. The van der Waals surface area contributed by atoms with Gasteiger partial charge in [0.25, 0.3) is 0 Å². The highest BCUT2D eigenvalue weighted by atomic mass is 14.8. The number of pyridine rings is 1. The summed E-state index contributed by atoms with van der Waals surface area (Å²) in [6.45, 7) is 0. The fourth-order valence-electron chi connectivity index (χ4n) is 1.61. The van der Waals surface area contributed by atoms with Crippen molar-refractivity contribution >= 4 is 5.69 Å². The van der Waals surface area contributed by atoms with Gasteiger partial charge in [0.15, 0.2) is 0 Å². The van der Waals surface area contributed by atoms with Crippen molar-refractivity contribution < 1.29 is 0 Å². The summed E-state index contributed by atoms with van der Waals surface area (Å²) in [6, 6.07) is 11.9. The predicted molar refractivity (Wildman–Crippen MR) is 66.3 cm³/mol. The molecule has 0 aliphatic carbocycles. The van der Waals surface area contributed by atoms with Gasteiger partial charge in [0.05, 0.1) is 6.04 Å². The molecule has 82 valence electrons. The second-order valence-corrected chi connectivity index (χ2v) is 3.64. The van der Waals surface area contributed by atoms with Gasteiger partial charge in [-0.15, -0.1) is 0 Å². The fraction of sp³-hybridized carbons (Fsp3) is 0.154. The predicted octanol–water partition coefficient (Wildman–Crippen LogP) is 2.17. The lowest BCUT2D eigenvalue weighted by Crippen LogP contribution is -2.11. The summed E-state index contributed by atoms with van der Waals surface area (Å²) in [5.74, 6) is 0. The lowest BCUT2D eigenvalue weighted by molar-refractivity contribution is 0.863. The van der Waals surface area contributed by atoms with Gasteiger partial charge in [-0.05, 0) is 29.3 Å². The van der Waals surface area contributed by atoms with E-state index in [-0.39, 0.29) is 6.04 Å². The number of nitrogens with two attached hydrogens (primary N) is 1. The van der Waals surface area contributed by atoms with Crippen molar-refractivity contribution in [3.63, 3.8) is 0 Å². The molecular weight excluding hydrogens is 198 g/mol. The van der Waals surface area contributed by atoms with Crippen LogP contribution >= 0.6 is 0 Å². The molecule has 0 fully saturated rings. The van der Waals surface area contributed by atoms with E-state index in [4.69, 9.17) is 5.73 Å². The lowest BCUT2D eigenvalue weighted by atomic mass is 10.0. The van der Waals surface area contributed by atoms with Crippen molar-refractivity contribution in [3.05, 3.63) is 59.9 Å². The van der Waals surface area contributed by atoms with Crippen molar-refractivity contribution in [1.29, 1.82) is 0 Å². The third kappa shape index (κ3) is 2.20. The molecule has 0 spiro atoms. The minimum Gasteiger partial charge on any atom is -0.388 e. The molecule has 3 nitrogen and oxygen atoms in total. The van der Waals surface area contributed by atoms with Crippen molar-refractivity contribution in [3.8, 4) is 0 Å². The second kappa shape index (κ2) is 4.77. The number of benzene rings is 1. The molecule has 1 unspecified atom stereocenters. The van der Waals surface area contributed by atoms with Crippen molar-refractivity contribution in [2.24, 2.45) is 5.73 Å². The zero-order valence-corrected chi connectivity index (χ0v) is 9.22. The molecule has 0 amide bonds. The SMILES string of the molecule is CNc1ccc(C(N)c2cccnc2)cc1. The van der Waals surface area contributed by atoms with Crippen LogP contribution in [0.25, 0.3) is 0 Å². The van der Waals surface area contributed by atoms with E-state index < -0.39 is 0 Å². The minimum atomic E-state index is -0.111. The molecule has 1 aromatic carbocycles. The fourth-order valence-corrected chi connectivity index (χ4v) is 1.61. The molecule has 0 aliphatic heterocycles. The second-order valence-electron chi connectivity index (χ2n) is 3.64. The Hall–Kier alpha value is -1.87. The van der Waals surface area contributed by atoms with Crippen LogP contribution in [0.2, 0.25) is 0 Å².